The third-order valence-corrected chi connectivity index (χ3v) is 6.47. The van der Waals surface area contributed by atoms with Crippen LogP contribution < -0.4 is 10.0 Å². The highest BCUT2D eigenvalue weighted by molar-refractivity contribution is 7.92. The Balaban J connectivity index is 1.69. The van der Waals surface area contributed by atoms with Gasteiger partial charge < -0.3 is 10.4 Å². The van der Waals surface area contributed by atoms with Gasteiger partial charge in [-0.2, -0.15) is 13.2 Å². The zero-order chi connectivity index (χ0) is 23.9. The number of amides is 1. The zero-order valence-electron chi connectivity index (χ0n) is 17.8. The van der Waals surface area contributed by atoms with Crippen molar-refractivity contribution in [1.82, 2.24) is 5.32 Å². The maximum atomic E-state index is 12.8. The van der Waals surface area contributed by atoms with Gasteiger partial charge in [-0.05, 0) is 48.7 Å². The van der Waals surface area contributed by atoms with Crippen molar-refractivity contribution in [3.05, 3.63) is 64.7 Å². The van der Waals surface area contributed by atoms with Gasteiger partial charge in [0.05, 0.1) is 30.2 Å². The van der Waals surface area contributed by atoms with Gasteiger partial charge in [0, 0.05) is 16.9 Å². The van der Waals surface area contributed by atoms with E-state index in [4.69, 9.17) is 0 Å². The number of carbonyl (C=O) groups excluding carboxylic acids is 1. The Bertz CT molecular complexity index is 1120. The van der Waals surface area contributed by atoms with Crippen LogP contribution in [0.3, 0.4) is 0 Å². The molecule has 0 bridgehead atoms. The summed E-state index contributed by atoms with van der Waals surface area (Å²) in [4.78, 5) is 12.8. The van der Waals surface area contributed by atoms with E-state index < -0.39 is 33.2 Å². The third-order valence-electron chi connectivity index (χ3n) is 5.88. The lowest BCUT2D eigenvalue weighted by Crippen LogP contribution is -2.30. The monoisotopic (exact) mass is 470 g/mol. The number of alkyl halides is 3. The molecule has 32 heavy (non-hydrogen) atoms. The van der Waals surface area contributed by atoms with Gasteiger partial charge in [-0.1, -0.05) is 25.1 Å². The van der Waals surface area contributed by atoms with Crippen molar-refractivity contribution >= 4 is 21.6 Å². The van der Waals surface area contributed by atoms with Crippen LogP contribution in [0.5, 0.6) is 0 Å². The number of carbonyl (C=O) groups is 1. The molecule has 0 saturated heterocycles. The molecule has 3 rings (SSSR count). The van der Waals surface area contributed by atoms with E-state index in [1.165, 1.54) is 18.2 Å². The Hall–Kier alpha value is -2.59. The largest absolute Gasteiger partial charge is 0.416 e. The minimum Gasteiger partial charge on any atom is -0.392 e. The van der Waals surface area contributed by atoms with Crippen molar-refractivity contribution in [2.24, 2.45) is 5.92 Å². The Kier molecular flexibility index (Phi) is 6.32. The number of aliphatic hydroxyl groups excluding tert-OH is 1. The average molecular weight is 471 g/mol. The predicted octanol–water partition coefficient (Wildman–Crippen LogP) is 3.72. The lowest BCUT2D eigenvalue weighted by atomic mass is 9.94. The SMILES string of the molecule is CC(NC(=O)[C@@H]1C[C@]1(C)c1ccc(C(F)(F)F)cc1)c1ccc(NS(C)(=O)=O)c(CO)c1. The van der Waals surface area contributed by atoms with Crippen LogP contribution in [0.15, 0.2) is 42.5 Å². The van der Waals surface area contributed by atoms with Crippen molar-refractivity contribution in [2.75, 3.05) is 11.0 Å². The fraction of sp³-hybridized carbons (Fsp3) is 0.409. The zero-order valence-corrected chi connectivity index (χ0v) is 18.6. The molecule has 2 aromatic carbocycles. The van der Waals surface area contributed by atoms with Crippen molar-refractivity contribution < 1.29 is 31.5 Å². The maximum absolute atomic E-state index is 12.8. The molecule has 1 saturated carbocycles. The lowest BCUT2D eigenvalue weighted by Gasteiger charge is -2.19. The minimum absolute atomic E-state index is 0.219. The molecule has 1 fully saturated rings. The number of hydrogen-bond acceptors (Lipinski definition) is 4. The topological polar surface area (TPSA) is 95.5 Å². The second-order valence-electron chi connectivity index (χ2n) is 8.43. The minimum atomic E-state index is -4.41. The van der Waals surface area contributed by atoms with Crippen molar-refractivity contribution in [3.63, 3.8) is 0 Å². The molecule has 174 valence electrons. The normalized spacial score (nSPS) is 21.7. The summed E-state index contributed by atoms with van der Waals surface area (Å²) >= 11 is 0. The van der Waals surface area contributed by atoms with Crippen molar-refractivity contribution in [1.29, 1.82) is 0 Å². The molecular weight excluding hydrogens is 445 g/mol. The van der Waals surface area contributed by atoms with E-state index in [1.54, 1.807) is 19.1 Å². The van der Waals surface area contributed by atoms with Crippen LogP contribution in [0.25, 0.3) is 0 Å². The van der Waals surface area contributed by atoms with Crippen LogP contribution in [-0.4, -0.2) is 25.7 Å². The fourth-order valence-electron chi connectivity index (χ4n) is 3.82. The molecular formula is C22H25F3N2O4S. The van der Waals surface area contributed by atoms with E-state index in [0.29, 0.717) is 23.1 Å². The van der Waals surface area contributed by atoms with Crippen molar-refractivity contribution in [3.8, 4) is 0 Å². The summed E-state index contributed by atoms with van der Waals surface area (Å²) in [6.07, 6.45) is -2.88. The van der Waals surface area contributed by atoms with Crippen LogP contribution in [0.1, 0.15) is 48.6 Å². The predicted molar refractivity (Wildman–Crippen MR) is 114 cm³/mol. The molecule has 1 aliphatic rings. The highest BCUT2D eigenvalue weighted by Crippen LogP contribution is 2.54. The van der Waals surface area contributed by atoms with E-state index in [0.717, 1.165) is 18.4 Å². The van der Waals surface area contributed by atoms with E-state index in [1.807, 2.05) is 6.92 Å². The van der Waals surface area contributed by atoms with Crippen LogP contribution >= 0.6 is 0 Å². The Morgan fingerprint density at radius 3 is 2.38 bits per heavy atom. The molecule has 0 heterocycles. The molecule has 3 N–H and O–H groups in total. The maximum Gasteiger partial charge on any atom is 0.416 e. The first kappa shape index (κ1) is 24.1. The highest BCUT2D eigenvalue weighted by atomic mass is 32.2. The molecule has 0 aromatic heterocycles. The summed E-state index contributed by atoms with van der Waals surface area (Å²) in [6.45, 7) is 3.22. The van der Waals surface area contributed by atoms with Crippen LogP contribution in [0, 0.1) is 5.92 Å². The summed E-state index contributed by atoms with van der Waals surface area (Å²) in [6, 6.07) is 9.25. The van der Waals surface area contributed by atoms with Gasteiger partial charge in [-0.25, -0.2) is 8.42 Å². The van der Waals surface area contributed by atoms with E-state index in [9.17, 15) is 31.5 Å². The summed E-state index contributed by atoms with van der Waals surface area (Å²) in [5.41, 5.74) is 0.724. The first-order valence-electron chi connectivity index (χ1n) is 9.94. The summed E-state index contributed by atoms with van der Waals surface area (Å²) in [5, 5.41) is 12.5. The molecule has 1 unspecified atom stereocenters. The second kappa shape index (κ2) is 8.40. The number of sulfonamides is 1. The number of halogens is 3. The van der Waals surface area contributed by atoms with Crippen molar-refractivity contribution in [2.45, 2.75) is 44.5 Å². The van der Waals surface area contributed by atoms with Gasteiger partial charge in [0.15, 0.2) is 0 Å². The van der Waals surface area contributed by atoms with Gasteiger partial charge in [0.2, 0.25) is 15.9 Å². The number of rotatable bonds is 7. The summed E-state index contributed by atoms with van der Waals surface area (Å²) < 4.78 is 63.6. The molecule has 6 nitrogen and oxygen atoms in total. The second-order valence-corrected chi connectivity index (χ2v) is 10.2. The fourth-order valence-corrected chi connectivity index (χ4v) is 4.42. The number of benzene rings is 2. The third kappa shape index (κ3) is 5.24. The molecule has 2 aromatic rings. The summed E-state index contributed by atoms with van der Waals surface area (Å²) in [7, 11) is -3.51. The molecule has 3 atom stereocenters. The Morgan fingerprint density at radius 2 is 1.84 bits per heavy atom. The van der Waals surface area contributed by atoms with Gasteiger partial charge in [0.1, 0.15) is 0 Å². The quantitative estimate of drug-likeness (QED) is 0.575. The first-order chi connectivity index (χ1) is 14.7. The summed E-state index contributed by atoms with van der Waals surface area (Å²) in [5.74, 6) is -0.589. The molecule has 1 amide bonds. The van der Waals surface area contributed by atoms with Crippen LogP contribution in [0.4, 0.5) is 18.9 Å². The molecule has 0 radical (unpaired) electrons. The molecule has 0 aliphatic heterocycles. The Morgan fingerprint density at radius 1 is 1.22 bits per heavy atom. The van der Waals surface area contributed by atoms with Gasteiger partial charge in [0.25, 0.3) is 0 Å². The number of aliphatic hydroxyl groups is 1. The van der Waals surface area contributed by atoms with Gasteiger partial charge in [-0.3, -0.25) is 9.52 Å². The highest BCUT2D eigenvalue weighted by Gasteiger charge is 2.55. The number of anilines is 1. The number of hydrogen-bond donors (Lipinski definition) is 3. The first-order valence-corrected chi connectivity index (χ1v) is 11.8. The van der Waals surface area contributed by atoms with E-state index >= 15 is 0 Å². The van der Waals surface area contributed by atoms with Crippen LogP contribution in [0.2, 0.25) is 0 Å². The van der Waals surface area contributed by atoms with Crippen LogP contribution in [-0.2, 0) is 33.0 Å². The van der Waals surface area contributed by atoms with E-state index in [2.05, 4.69) is 10.0 Å². The standard InChI is InChI=1S/C22H25F3N2O4S/c1-13(14-4-9-19(15(10-14)12-28)27-32(3,30)31)26-20(29)18-11-21(18,2)16-5-7-17(8-6-16)22(23,24)25/h4-10,13,18,27-28H,11-12H2,1-3H3,(H,26,29)/t13?,18-,21+/m0/s1. The average Bonchev–Trinajstić information content (AvgIpc) is 3.39. The molecule has 0 spiro atoms. The number of nitrogens with one attached hydrogen (secondary N) is 2. The molecule has 1 aliphatic carbocycles. The van der Waals surface area contributed by atoms with E-state index in [-0.39, 0.29) is 24.1 Å². The van der Waals surface area contributed by atoms with Gasteiger partial charge >= 0.3 is 6.18 Å². The Labute approximate surface area is 184 Å². The van der Waals surface area contributed by atoms with Gasteiger partial charge in [-0.15, -0.1) is 0 Å². The smallest absolute Gasteiger partial charge is 0.392 e. The molecule has 10 heteroatoms. The lowest BCUT2D eigenvalue weighted by molar-refractivity contribution is -0.137.